The van der Waals surface area contributed by atoms with E-state index in [1.54, 1.807) is 23.0 Å². The van der Waals surface area contributed by atoms with E-state index >= 15 is 0 Å². The molecule has 0 radical (unpaired) electrons. The third-order valence-electron chi connectivity index (χ3n) is 4.70. The quantitative estimate of drug-likeness (QED) is 0.475. The van der Waals surface area contributed by atoms with Gasteiger partial charge in [-0.2, -0.15) is 0 Å². The first-order valence-electron chi connectivity index (χ1n) is 9.49. The highest BCUT2D eigenvalue weighted by Gasteiger charge is 2.13. The number of anilines is 2. The summed E-state index contributed by atoms with van der Waals surface area (Å²) in [7, 11) is 0. The SMILES string of the molecule is Nc1ccc(-c2ccccc2)cc1NC(=O)c1cn(CCc2cccc(F)c2)nn1. The van der Waals surface area contributed by atoms with Crippen LogP contribution >= 0.6 is 0 Å². The molecular formula is C23H20FN5O. The van der Waals surface area contributed by atoms with Gasteiger partial charge in [-0.15, -0.1) is 5.10 Å². The molecule has 0 aliphatic rings. The Balaban J connectivity index is 1.44. The van der Waals surface area contributed by atoms with Gasteiger partial charge in [0.25, 0.3) is 5.91 Å². The fourth-order valence-electron chi connectivity index (χ4n) is 3.11. The van der Waals surface area contributed by atoms with E-state index in [1.165, 1.54) is 12.1 Å². The number of nitrogen functional groups attached to an aromatic ring is 1. The molecule has 3 aromatic carbocycles. The minimum atomic E-state index is -0.399. The predicted octanol–water partition coefficient (Wildman–Crippen LogP) is 4.16. The van der Waals surface area contributed by atoms with Gasteiger partial charge in [0.2, 0.25) is 0 Å². The van der Waals surface area contributed by atoms with Crippen molar-refractivity contribution in [2.24, 2.45) is 0 Å². The van der Waals surface area contributed by atoms with Crippen molar-refractivity contribution in [1.29, 1.82) is 0 Å². The second-order valence-corrected chi connectivity index (χ2v) is 6.87. The number of aromatic nitrogens is 3. The average molecular weight is 401 g/mol. The highest BCUT2D eigenvalue weighted by molar-refractivity contribution is 6.04. The summed E-state index contributed by atoms with van der Waals surface area (Å²) in [6.07, 6.45) is 2.14. The molecule has 0 aliphatic carbocycles. The second kappa shape index (κ2) is 8.57. The highest BCUT2D eigenvalue weighted by atomic mass is 19.1. The molecule has 30 heavy (non-hydrogen) atoms. The summed E-state index contributed by atoms with van der Waals surface area (Å²) < 4.78 is 14.8. The zero-order valence-corrected chi connectivity index (χ0v) is 16.1. The number of hydrogen-bond acceptors (Lipinski definition) is 4. The molecule has 0 bridgehead atoms. The first kappa shape index (κ1) is 19.3. The van der Waals surface area contributed by atoms with Crippen molar-refractivity contribution < 1.29 is 9.18 Å². The van der Waals surface area contributed by atoms with Crippen molar-refractivity contribution in [3.63, 3.8) is 0 Å². The van der Waals surface area contributed by atoms with Gasteiger partial charge in [-0.3, -0.25) is 9.48 Å². The van der Waals surface area contributed by atoms with Crippen LogP contribution in [0.4, 0.5) is 15.8 Å². The first-order chi connectivity index (χ1) is 14.6. The fraction of sp³-hybridized carbons (Fsp3) is 0.0870. The number of benzene rings is 3. The Labute approximate surface area is 173 Å². The molecule has 0 aliphatic heterocycles. The Kier molecular flexibility index (Phi) is 5.52. The molecule has 1 heterocycles. The lowest BCUT2D eigenvalue weighted by Gasteiger charge is -2.09. The monoisotopic (exact) mass is 401 g/mol. The standard InChI is InChI=1S/C23H20FN5O/c24-19-8-4-5-16(13-19)11-12-29-15-22(27-28-29)23(30)26-21-14-18(9-10-20(21)25)17-6-2-1-3-7-17/h1-10,13-15H,11-12,25H2,(H,26,30). The van der Waals surface area contributed by atoms with Crippen LogP contribution in [0.15, 0.2) is 79.0 Å². The molecule has 0 saturated carbocycles. The molecule has 4 aromatic rings. The molecule has 0 fully saturated rings. The van der Waals surface area contributed by atoms with Crippen molar-refractivity contribution in [2.75, 3.05) is 11.1 Å². The van der Waals surface area contributed by atoms with E-state index in [4.69, 9.17) is 5.73 Å². The summed E-state index contributed by atoms with van der Waals surface area (Å²) in [6, 6.07) is 21.7. The number of amides is 1. The Morgan fingerprint density at radius 2 is 1.83 bits per heavy atom. The lowest BCUT2D eigenvalue weighted by molar-refractivity contribution is 0.102. The summed E-state index contributed by atoms with van der Waals surface area (Å²) in [5.41, 5.74) is 10.0. The van der Waals surface area contributed by atoms with Crippen molar-refractivity contribution in [1.82, 2.24) is 15.0 Å². The Hall–Kier alpha value is -4.00. The molecule has 6 nitrogen and oxygen atoms in total. The molecule has 7 heteroatoms. The summed E-state index contributed by atoms with van der Waals surface area (Å²) in [6.45, 7) is 0.482. The van der Waals surface area contributed by atoms with Gasteiger partial charge in [-0.25, -0.2) is 4.39 Å². The summed E-state index contributed by atoms with van der Waals surface area (Å²) >= 11 is 0. The summed E-state index contributed by atoms with van der Waals surface area (Å²) in [5, 5.41) is 10.7. The van der Waals surface area contributed by atoms with E-state index in [9.17, 15) is 9.18 Å². The summed E-state index contributed by atoms with van der Waals surface area (Å²) in [4.78, 5) is 12.6. The maximum Gasteiger partial charge on any atom is 0.277 e. The molecule has 3 N–H and O–H groups in total. The van der Waals surface area contributed by atoms with E-state index < -0.39 is 5.91 Å². The van der Waals surface area contributed by atoms with Gasteiger partial charge in [0.05, 0.1) is 17.6 Å². The molecule has 0 unspecified atom stereocenters. The smallest absolute Gasteiger partial charge is 0.277 e. The zero-order chi connectivity index (χ0) is 20.9. The van der Waals surface area contributed by atoms with Crippen molar-refractivity contribution in [2.45, 2.75) is 13.0 Å². The third kappa shape index (κ3) is 4.52. The van der Waals surface area contributed by atoms with Crippen LogP contribution in [0.25, 0.3) is 11.1 Å². The molecule has 1 aromatic heterocycles. The normalized spacial score (nSPS) is 10.7. The van der Waals surface area contributed by atoms with E-state index in [0.717, 1.165) is 16.7 Å². The Morgan fingerprint density at radius 3 is 2.63 bits per heavy atom. The number of carbonyl (C=O) groups excluding carboxylic acids is 1. The average Bonchev–Trinajstić information content (AvgIpc) is 3.24. The van der Waals surface area contributed by atoms with Crippen LogP contribution in [0.2, 0.25) is 0 Å². The lowest BCUT2D eigenvalue weighted by atomic mass is 10.0. The topological polar surface area (TPSA) is 85.8 Å². The van der Waals surface area contributed by atoms with Crippen molar-refractivity contribution in [3.8, 4) is 11.1 Å². The lowest BCUT2D eigenvalue weighted by Crippen LogP contribution is -2.14. The van der Waals surface area contributed by atoms with Crippen LogP contribution in [-0.4, -0.2) is 20.9 Å². The largest absolute Gasteiger partial charge is 0.397 e. The molecule has 1 amide bonds. The van der Waals surface area contributed by atoms with E-state index in [2.05, 4.69) is 15.6 Å². The van der Waals surface area contributed by atoms with Crippen LogP contribution < -0.4 is 11.1 Å². The Bertz CT molecular complexity index is 1170. The minimum Gasteiger partial charge on any atom is -0.397 e. The number of halogens is 1. The second-order valence-electron chi connectivity index (χ2n) is 6.87. The van der Waals surface area contributed by atoms with Gasteiger partial charge < -0.3 is 11.1 Å². The number of carbonyl (C=O) groups is 1. The molecule has 150 valence electrons. The van der Waals surface area contributed by atoms with Gasteiger partial charge in [0.1, 0.15) is 5.82 Å². The predicted molar refractivity (Wildman–Crippen MR) is 114 cm³/mol. The number of nitrogens with one attached hydrogen (secondary N) is 1. The van der Waals surface area contributed by atoms with Crippen LogP contribution in [0, 0.1) is 5.82 Å². The van der Waals surface area contributed by atoms with E-state index in [1.807, 2.05) is 48.5 Å². The van der Waals surface area contributed by atoms with Crippen LogP contribution in [0.3, 0.4) is 0 Å². The molecular weight excluding hydrogens is 381 g/mol. The van der Waals surface area contributed by atoms with E-state index in [-0.39, 0.29) is 11.5 Å². The number of aryl methyl sites for hydroxylation is 2. The number of hydrogen-bond donors (Lipinski definition) is 2. The highest BCUT2D eigenvalue weighted by Crippen LogP contribution is 2.27. The minimum absolute atomic E-state index is 0.179. The van der Waals surface area contributed by atoms with Crippen LogP contribution in [0.5, 0.6) is 0 Å². The van der Waals surface area contributed by atoms with Crippen LogP contribution in [0.1, 0.15) is 16.1 Å². The number of nitrogens with zero attached hydrogens (tertiary/aromatic N) is 3. The molecule has 0 saturated heterocycles. The number of rotatable bonds is 6. The molecule has 4 rings (SSSR count). The Morgan fingerprint density at radius 1 is 1.00 bits per heavy atom. The fourth-order valence-corrected chi connectivity index (χ4v) is 3.11. The summed E-state index contributed by atoms with van der Waals surface area (Å²) in [5.74, 6) is -0.676. The van der Waals surface area contributed by atoms with Gasteiger partial charge in [0, 0.05) is 6.54 Å². The van der Waals surface area contributed by atoms with Crippen molar-refractivity contribution in [3.05, 3.63) is 96.1 Å². The van der Waals surface area contributed by atoms with Crippen molar-refractivity contribution >= 4 is 17.3 Å². The molecule has 0 spiro atoms. The van der Waals surface area contributed by atoms with Gasteiger partial charge in [0.15, 0.2) is 5.69 Å². The maximum atomic E-state index is 13.3. The van der Waals surface area contributed by atoms with Crippen LogP contribution in [-0.2, 0) is 13.0 Å². The first-order valence-corrected chi connectivity index (χ1v) is 9.49. The van der Waals surface area contributed by atoms with E-state index in [0.29, 0.717) is 24.3 Å². The van der Waals surface area contributed by atoms with Gasteiger partial charge >= 0.3 is 0 Å². The van der Waals surface area contributed by atoms with Gasteiger partial charge in [-0.05, 0) is 47.4 Å². The van der Waals surface area contributed by atoms with Gasteiger partial charge in [-0.1, -0.05) is 53.7 Å². The molecule has 0 atom stereocenters. The zero-order valence-electron chi connectivity index (χ0n) is 16.1. The maximum absolute atomic E-state index is 13.3. The number of nitrogens with two attached hydrogens (primary N) is 1. The third-order valence-corrected chi connectivity index (χ3v) is 4.70.